The van der Waals surface area contributed by atoms with Gasteiger partial charge in [0.25, 0.3) is 0 Å². The Morgan fingerprint density at radius 2 is 1.31 bits per heavy atom. The molecule has 3 aromatic carbocycles. The highest BCUT2D eigenvalue weighted by Crippen LogP contribution is 2.17. The summed E-state index contributed by atoms with van der Waals surface area (Å²) in [5, 5.41) is 0. The van der Waals surface area contributed by atoms with Gasteiger partial charge in [-0.15, -0.1) is 0 Å². The van der Waals surface area contributed by atoms with E-state index in [1.807, 2.05) is 79.7 Å². The third-order valence-corrected chi connectivity index (χ3v) is 4.61. The highest BCUT2D eigenvalue weighted by Gasteiger charge is 2.20. The molecule has 0 saturated heterocycles. The van der Waals surface area contributed by atoms with Gasteiger partial charge in [0.2, 0.25) is 0 Å². The standard InChI is InChI=1S/C25H28O4/c1-20(29-24-11-7-4-8-12-24)25(19-27-17-21-9-5-3-6-10-21)28-18-22-13-15-23(26-2)16-14-22/h3-16,20,25H,17-19H2,1-2H3/t20-,25+/m0/s1. The molecule has 0 aliphatic rings. The molecular weight excluding hydrogens is 364 g/mol. The van der Waals surface area contributed by atoms with Crippen molar-refractivity contribution in [2.75, 3.05) is 13.7 Å². The lowest BCUT2D eigenvalue weighted by atomic mass is 10.2. The quantitative estimate of drug-likeness (QED) is 0.446. The van der Waals surface area contributed by atoms with E-state index in [4.69, 9.17) is 18.9 Å². The second-order valence-corrected chi connectivity index (χ2v) is 6.83. The molecule has 152 valence electrons. The molecule has 3 rings (SSSR count). The number of hydrogen-bond acceptors (Lipinski definition) is 4. The fourth-order valence-corrected chi connectivity index (χ4v) is 2.90. The fraction of sp³-hybridized carbons (Fsp3) is 0.280. The van der Waals surface area contributed by atoms with E-state index in [0.717, 1.165) is 22.6 Å². The van der Waals surface area contributed by atoms with Crippen LogP contribution in [0.3, 0.4) is 0 Å². The second kappa shape index (κ2) is 11.2. The second-order valence-electron chi connectivity index (χ2n) is 6.83. The van der Waals surface area contributed by atoms with Crippen molar-refractivity contribution in [1.29, 1.82) is 0 Å². The van der Waals surface area contributed by atoms with Crippen molar-refractivity contribution in [3.05, 3.63) is 96.1 Å². The smallest absolute Gasteiger partial charge is 0.124 e. The van der Waals surface area contributed by atoms with E-state index in [1.165, 1.54) is 0 Å². The molecule has 0 aliphatic heterocycles. The summed E-state index contributed by atoms with van der Waals surface area (Å²) in [6, 6.07) is 27.8. The molecule has 0 aromatic heterocycles. The van der Waals surface area contributed by atoms with Crippen LogP contribution in [0, 0.1) is 0 Å². The lowest BCUT2D eigenvalue weighted by Gasteiger charge is -2.25. The zero-order chi connectivity index (χ0) is 20.3. The molecule has 4 heteroatoms. The van der Waals surface area contributed by atoms with Crippen LogP contribution in [0.2, 0.25) is 0 Å². The van der Waals surface area contributed by atoms with Gasteiger partial charge in [-0.1, -0.05) is 60.7 Å². The summed E-state index contributed by atoms with van der Waals surface area (Å²) in [7, 11) is 1.66. The Kier molecular flexibility index (Phi) is 8.11. The number of benzene rings is 3. The predicted octanol–water partition coefficient (Wildman–Crippen LogP) is 5.26. The molecule has 2 atom stereocenters. The molecule has 0 fully saturated rings. The first-order chi connectivity index (χ1) is 14.2. The van der Waals surface area contributed by atoms with Crippen LogP contribution in [0.15, 0.2) is 84.9 Å². The molecule has 3 aromatic rings. The van der Waals surface area contributed by atoms with Crippen LogP contribution in [0.25, 0.3) is 0 Å². The number of para-hydroxylation sites is 1. The SMILES string of the molecule is COc1ccc(CO[C@H](COCc2ccccc2)[C@H](C)Oc2ccccc2)cc1. The molecule has 0 aliphatic carbocycles. The third kappa shape index (κ3) is 6.93. The molecule has 29 heavy (non-hydrogen) atoms. The van der Waals surface area contributed by atoms with Crippen molar-refractivity contribution >= 4 is 0 Å². The van der Waals surface area contributed by atoms with Gasteiger partial charge in [-0.3, -0.25) is 0 Å². The van der Waals surface area contributed by atoms with Crippen molar-refractivity contribution in [3.63, 3.8) is 0 Å². The maximum Gasteiger partial charge on any atom is 0.124 e. The Labute approximate surface area is 173 Å². The first kappa shape index (κ1) is 20.9. The van der Waals surface area contributed by atoms with Crippen LogP contribution in [0.5, 0.6) is 11.5 Å². The van der Waals surface area contributed by atoms with Gasteiger partial charge in [-0.2, -0.15) is 0 Å². The van der Waals surface area contributed by atoms with Gasteiger partial charge in [0.05, 0.1) is 26.9 Å². The van der Waals surface area contributed by atoms with Crippen LogP contribution in [-0.4, -0.2) is 25.9 Å². The van der Waals surface area contributed by atoms with Crippen LogP contribution < -0.4 is 9.47 Å². The molecule has 0 unspecified atom stereocenters. The number of hydrogen-bond donors (Lipinski definition) is 0. The first-order valence-corrected chi connectivity index (χ1v) is 9.82. The van der Waals surface area contributed by atoms with Crippen molar-refractivity contribution in [2.45, 2.75) is 32.3 Å². The zero-order valence-electron chi connectivity index (χ0n) is 17.0. The molecule has 0 amide bonds. The van der Waals surface area contributed by atoms with Gasteiger partial charge in [0.15, 0.2) is 0 Å². The van der Waals surface area contributed by atoms with Crippen LogP contribution >= 0.6 is 0 Å². The molecule has 0 N–H and O–H groups in total. The van der Waals surface area contributed by atoms with E-state index < -0.39 is 0 Å². The molecule has 0 bridgehead atoms. The Bertz CT molecular complexity index is 818. The Balaban J connectivity index is 1.59. The minimum Gasteiger partial charge on any atom is -0.497 e. The van der Waals surface area contributed by atoms with Crippen LogP contribution in [0.1, 0.15) is 18.1 Å². The average Bonchev–Trinajstić information content (AvgIpc) is 2.78. The van der Waals surface area contributed by atoms with Crippen molar-refractivity contribution in [3.8, 4) is 11.5 Å². The lowest BCUT2D eigenvalue weighted by molar-refractivity contribution is -0.0760. The molecular formula is C25H28O4. The number of methoxy groups -OCH3 is 1. The minimum atomic E-state index is -0.207. The summed E-state index contributed by atoms with van der Waals surface area (Å²) >= 11 is 0. The predicted molar refractivity (Wildman–Crippen MR) is 114 cm³/mol. The summed E-state index contributed by atoms with van der Waals surface area (Å²) in [6.45, 7) is 3.48. The maximum absolute atomic E-state index is 6.18. The van der Waals surface area contributed by atoms with E-state index in [1.54, 1.807) is 7.11 Å². The van der Waals surface area contributed by atoms with Crippen molar-refractivity contribution < 1.29 is 18.9 Å². The van der Waals surface area contributed by atoms with Crippen molar-refractivity contribution in [1.82, 2.24) is 0 Å². The lowest BCUT2D eigenvalue weighted by Crippen LogP contribution is -2.35. The highest BCUT2D eigenvalue weighted by atomic mass is 16.6. The van der Waals surface area contributed by atoms with E-state index >= 15 is 0 Å². The summed E-state index contributed by atoms with van der Waals surface area (Å²) in [5.41, 5.74) is 2.21. The van der Waals surface area contributed by atoms with E-state index in [9.17, 15) is 0 Å². The Hall–Kier alpha value is -2.82. The summed E-state index contributed by atoms with van der Waals surface area (Å²) in [6.07, 6.45) is -0.368. The van der Waals surface area contributed by atoms with Crippen molar-refractivity contribution in [2.24, 2.45) is 0 Å². The summed E-state index contributed by atoms with van der Waals surface area (Å²) < 4.78 is 23.4. The number of rotatable bonds is 11. The minimum absolute atomic E-state index is 0.161. The largest absolute Gasteiger partial charge is 0.497 e. The van der Waals surface area contributed by atoms with E-state index in [0.29, 0.717) is 19.8 Å². The normalized spacial score (nSPS) is 12.9. The highest BCUT2D eigenvalue weighted by molar-refractivity contribution is 5.26. The fourth-order valence-electron chi connectivity index (χ4n) is 2.90. The molecule has 0 radical (unpaired) electrons. The van der Waals surface area contributed by atoms with Crippen LogP contribution in [-0.2, 0) is 22.7 Å². The van der Waals surface area contributed by atoms with Gasteiger partial charge >= 0.3 is 0 Å². The third-order valence-electron chi connectivity index (χ3n) is 4.61. The number of ether oxygens (including phenoxy) is 4. The van der Waals surface area contributed by atoms with Gasteiger partial charge in [-0.25, -0.2) is 0 Å². The first-order valence-electron chi connectivity index (χ1n) is 9.82. The van der Waals surface area contributed by atoms with Gasteiger partial charge in [0.1, 0.15) is 23.7 Å². The molecule has 4 nitrogen and oxygen atoms in total. The summed E-state index contributed by atoms with van der Waals surface area (Å²) in [5.74, 6) is 1.65. The zero-order valence-corrected chi connectivity index (χ0v) is 17.0. The van der Waals surface area contributed by atoms with Gasteiger partial charge in [-0.05, 0) is 42.3 Å². The Morgan fingerprint density at radius 3 is 1.97 bits per heavy atom. The van der Waals surface area contributed by atoms with Gasteiger partial charge < -0.3 is 18.9 Å². The molecule has 0 saturated carbocycles. The average molecular weight is 392 g/mol. The Morgan fingerprint density at radius 1 is 0.690 bits per heavy atom. The monoisotopic (exact) mass is 392 g/mol. The van der Waals surface area contributed by atoms with E-state index in [-0.39, 0.29) is 12.2 Å². The van der Waals surface area contributed by atoms with Gasteiger partial charge in [0, 0.05) is 0 Å². The van der Waals surface area contributed by atoms with Crippen LogP contribution in [0.4, 0.5) is 0 Å². The van der Waals surface area contributed by atoms with E-state index in [2.05, 4.69) is 12.1 Å². The molecule has 0 heterocycles. The topological polar surface area (TPSA) is 36.9 Å². The molecule has 0 spiro atoms. The maximum atomic E-state index is 6.18. The summed E-state index contributed by atoms with van der Waals surface area (Å²) in [4.78, 5) is 0.